The molecule has 10 heteroatoms. The molecule has 1 atom stereocenters. The lowest BCUT2D eigenvalue weighted by atomic mass is 9.83. The van der Waals surface area contributed by atoms with Crippen LogP contribution in [0.3, 0.4) is 0 Å². The van der Waals surface area contributed by atoms with Crippen LogP contribution in [0.2, 0.25) is 0 Å². The quantitative estimate of drug-likeness (QED) is 0.528. The Morgan fingerprint density at radius 1 is 1.32 bits per heavy atom. The number of carbonyl (C=O) groups excluding carboxylic acids is 1. The van der Waals surface area contributed by atoms with Crippen molar-refractivity contribution in [2.24, 2.45) is 0 Å². The molecule has 1 amide bonds. The SMILES string of the molecule is COc1cccc(C(n2cc(NC(=O)c3cc(F)cnc3N)cn2)C2(OC)CNC2)c1. The number of benzene rings is 1. The number of nitrogen functional groups attached to an aromatic ring is 1. The first-order chi connectivity index (χ1) is 15.0. The third-order valence-corrected chi connectivity index (χ3v) is 5.42. The van der Waals surface area contributed by atoms with Crippen molar-refractivity contribution < 1.29 is 18.7 Å². The van der Waals surface area contributed by atoms with Gasteiger partial charge in [-0.15, -0.1) is 0 Å². The van der Waals surface area contributed by atoms with E-state index in [0.717, 1.165) is 23.6 Å². The van der Waals surface area contributed by atoms with E-state index in [1.165, 1.54) is 6.20 Å². The van der Waals surface area contributed by atoms with Gasteiger partial charge in [0.05, 0.1) is 30.8 Å². The maximum Gasteiger partial charge on any atom is 0.259 e. The Labute approximate surface area is 178 Å². The van der Waals surface area contributed by atoms with E-state index in [0.29, 0.717) is 18.8 Å². The number of nitrogens with zero attached hydrogens (tertiary/aromatic N) is 3. The largest absolute Gasteiger partial charge is 0.497 e. The molecule has 0 radical (unpaired) electrons. The molecule has 4 rings (SSSR count). The van der Waals surface area contributed by atoms with E-state index in [-0.39, 0.29) is 17.4 Å². The van der Waals surface area contributed by atoms with Crippen LogP contribution in [0.25, 0.3) is 0 Å². The number of nitrogens with one attached hydrogen (secondary N) is 2. The average Bonchev–Trinajstić information content (AvgIpc) is 3.19. The number of pyridine rings is 1. The number of nitrogens with two attached hydrogens (primary N) is 1. The van der Waals surface area contributed by atoms with Crippen LogP contribution in [0.1, 0.15) is 22.0 Å². The van der Waals surface area contributed by atoms with E-state index in [1.54, 1.807) is 25.1 Å². The standard InChI is InChI=1S/C21H23FN6O3/c1-30-16-5-3-4-13(6-16)18(21(31-2)11-24-12-21)28-10-15(9-26-28)27-20(29)17-7-14(22)8-25-19(17)23/h3-10,18,24H,11-12H2,1-2H3,(H2,23,25)(H,27,29). The molecule has 1 fully saturated rings. The van der Waals surface area contributed by atoms with Gasteiger partial charge in [0.1, 0.15) is 29.0 Å². The number of anilines is 2. The number of aromatic nitrogens is 3. The summed E-state index contributed by atoms with van der Waals surface area (Å²) in [7, 11) is 3.28. The number of ether oxygens (including phenoxy) is 2. The van der Waals surface area contributed by atoms with Gasteiger partial charge in [0.25, 0.3) is 5.91 Å². The third kappa shape index (κ3) is 3.94. The maximum atomic E-state index is 13.5. The molecule has 162 valence electrons. The zero-order valence-corrected chi connectivity index (χ0v) is 17.1. The topological polar surface area (TPSA) is 116 Å². The molecule has 2 aromatic heterocycles. The van der Waals surface area contributed by atoms with E-state index >= 15 is 0 Å². The first-order valence-electron chi connectivity index (χ1n) is 9.62. The highest BCUT2D eigenvalue weighted by Crippen LogP contribution is 2.37. The summed E-state index contributed by atoms with van der Waals surface area (Å²) in [4.78, 5) is 16.2. The van der Waals surface area contributed by atoms with Gasteiger partial charge in [-0.25, -0.2) is 9.37 Å². The van der Waals surface area contributed by atoms with Gasteiger partial charge in [-0.2, -0.15) is 5.10 Å². The normalized spacial score (nSPS) is 15.7. The lowest BCUT2D eigenvalue weighted by Crippen LogP contribution is -2.65. The molecule has 0 spiro atoms. The highest BCUT2D eigenvalue weighted by Gasteiger charge is 2.47. The second kappa shape index (κ2) is 8.32. The summed E-state index contributed by atoms with van der Waals surface area (Å²) in [5, 5.41) is 10.4. The van der Waals surface area contributed by atoms with E-state index in [1.807, 2.05) is 24.3 Å². The second-order valence-electron chi connectivity index (χ2n) is 7.30. The van der Waals surface area contributed by atoms with Crippen LogP contribution in [0, 0.1) is 5.82 Å². The van der Waals surface area contributed by atoms with E-state index in [9.17, 15) is 9.18 Å². The van der Waals surface area contributed by atoms with Crippen molar-refractivity contribution in [1.82, 2.24) is 20.1 Å². The Hall–Kier alpha value is -3.50. The number of hydrogen-bond acceptors (Lipinski definition) is 7. The zero-order chi connectivity index (χ0) is 22.0. The number of halogens is 1. The first kappa shape index (κ1) is 20.8. The van der Waals surface area contributed by atoms with Gasteiger partial charge in [-0.1, -0.05) is 12.1 Å². The molecule has 31 heavy (non-hydrogen) atoms. The number of amides is 1. The van der Waals surface area contributed by atoms with Crippen molar-refractivity contribution in [3.8, 4) is 5.75 Å². The number of carbonyl (C=O) groups is 1. The number of rotatable bonds is 7. The van der Waals surface area contributed by atoms with Crippen molar-refractivity contribution in [2.45, 2.75) is 11.6 Å². The van der Waals surface area contributed by atoms with Crippen LogP contribution in [0.15, 0.2) is 48.9 Å². The monoisotopic (exact) mass is 426 g/mol. The summed E-state index contributed by atoms with van der Waals surface area (Å²) in [5.41, 5.74) is 6.52. The number of methoxy groups -OCH3 is 2. The summed E-state index contributed by atoms with van der Waals surface area (Å²) in [6, 6.07) is 8.45. The van der Waals surface area contributed by atoms with E-state index < -0.39 is 17.3 Å². The van der Waals surface area contributed by atoms with Gasteiger partial charge in [0.15, 0.2) is 0 Å². The molecule has 0 aliphatic carbocycles. The lowest BCUT2D eigenvalue weighted by molar-refractivity contribution is -0.0814. The highest BCUT2D eigenvalue weighted by atomic mass is 19.1. The molecule has 1 aliphatic rings. The summed E-state index contributed by atoms with van der Waals surface area (Å²) in [5.74, 6) is -0.559. The fourth-order valence-corrected chi connectivity index (χ4v) is 3.70. The molecule has 3 heterocycles. The zero-order valence-electron chi connectivity index (χ0n) is 17.1. The Kier molecular flexibility index (Phi) is 5.57. The molecule has 4 N–H and O–H groups in total. The van der Waals surface area contributed by atoms with Crippen molar-refractivity contribution >= 4 is 17.4 Å². The maximum absolute atomic E-state index is 13.5. The van der Waals surface area contributed by atoms with Gasteiger partial charge in [0.2, 0.25) is 0 Å². The molecule has 1 aromatic carbocycles. The predicted molar refractivity (Wildman–Crippen MR) is 113 cm³/mol. The highest BCUT2D eigenvalue weighted by molar-refractivity contribution is 6.07. The summed E-state index contributed by atoms with van der Waals surface area (Å²) in [6.45, 7) is 1.27. The first-order valence-corrected chi connectivity index (χ1v) is 9.62. The fraction of sp³-hybridized carbons (Fsp3) is 0.286. The minimum atomic E-state index is -0.646. The number of hydrogen-bond donors (Lipinski definition) is 3. The predicted octanol–water partition coefficient (Wildman–Crippen LogP) is 1.84. The van der Waals surface area contributed by atoms with Crippen LogP contribution in [0.5, 0.6) is 5.75 Å². The van der Waals surface area contributed by atoms with Crippen LogP contribution in [0.4, 0.5) is 15.9 Å². The Bertz CT molecular complexity index is 1090. The lowest BCUT2D eigenvalue weighted by Gasteiger charge is -2.47. The van der Waals surface area contributed by atoms with Crippen molar-refractivity contribution in [3.63, 3.8) is 0 Å². The van der Waals surface area contributed by atoms with E-state index in [2.05, 4.69) is 20.7 Å². The third-order valence-electron chi connectivity index (χ3n) is 5.42. The molecule has 0 bridgehead atoms. The van der Waals surface area contributed by atoms with E-state index in [4.69, 9.17) is 15.2 Å². The van der Waals surface area contributed by atoms with Crippen LogP contribution in [-0.4, -0.2) is 53.6 Å². The van der Waals surface area contributed by atoms with Crippen molar-refractivity contribution in [2.75, 3.05) is 38.4 Å². The van der Waals surface area contributed by atoms with Gasteiger partial charge in [-0.05, 0) is 23.8 Å². The molecule has 0 saturated carbocycles. The molecular formula is C21H23FN6O3. The molecule has 9 nitrogen and oxygen atoms in total. The smallest absolute Gasteiger partial charge is 0.259 e. The molecule has 1 unspecified atom stereocenters. The molecule has 1 saturated heterocycles. The summed E-state index contributed by atoms with van der Waals surface area (Å²) < 4.78 is 26.5. The Morgan fingerprint density at radius 3 is 2.81 bits per heavy atom. The van der Waals surface area contributed by atoms with Crippen LogP contribution in [-0.2, 0) is 4.74 Å². The van der Waals surface area contributed by atoms with Crippen molar-refractivity contribution in [3.05, 3.63) is 65.9 Å². The van der Waals surface area contributed by atoms with Crippen LogP contribution >= 0.6 is 0 Å². The average molecular weight is 426 g/mol. The van der Waals surface area contributed by atoms with Gasteiger partial charge < -0.3 is 25.8 Å². The minimum Gasteiger partial charge on any atom is -0.497 e. The summed E-state index contributed by atoms with van der Waals surface area (Å²) >= 11 is 0. The molecular weight excluding hydrogens is 403 g/mol. The Morgan fingerprint density at radius 2 is 2.13 bits per heavy atom. The van der Waals surface area contributed by atoms with Crippen molar-refractivity contribution in [1.29, 1.82) is 0 Å². The fourth-order valence-electron chi connectivity index (χ4n) is 3.70. The molecule has 3 aromatic rings. The van der Waals surface area contributed by atoms with Gasteiger partial charge in [0, 0.05) is 26.4 Å². The second-order valence-corrected chi connectivity index (χ2v) is 7.30. The van der Waals surface area contributed by atoms with Gasteiger partial charge in [-0.3, -0.25) is 9.48 Å². The van der Waals surface area contributed by atoms with Gasteiger partial charge >= 0.3 is 0 Å². The minimum absolute atomic E-state index is 0.0475. The summed E-state index contributed by atoms with van der Waals surface area (Å²) in [6.07, 6.45) is 4.17. The molecule has 1 aliphatic heterocycles. The van der Waals surface area contributed by atoms with Crippen LogP contribution < -0.4 is 21.1 Å². The Balaban J connectivity index is 1.65.